The van der Waals surface area contributed by atoms with Gasteiger partial charge in [0, 0.05) is 58.1 Å². The van der Waals surface area contributed by atoms with Gasteiger partial charge in [0.25, 0.3) is 0 Å². The molecular weight excluding hydrogens is 480 g/mol. The van der Waals surface area contributed by atoms with E-state index in [1.54, 1.807) is 4.90 Å². The first-order valence-corrected chi connectivity index (χ1v) is 13.6. The van der Waals surface area contributed by atoms with Gasteiger partial charge in [0.15, 0.2) is 5.82 Å². The van der Waals surface area contributed by atoms with Crippen molar-refractivity contribution in [3.63, 3.8) is 0 Å². The zero-order chi connectivity index (χ0) is 24.3. The quantitative estimate of drug-likeness (QED) is 0.635. The first-order valence-electron chi connectivity index (χ1n) is 11.3. The van der Waals surface area contributed by atoms with Crippen LogP contribution in [-0.4, -0.2) is 97.6 Å². The molecule has 0 spiro atoms. The second-order valence-corrected chi connectivity index (χ2v) is 11.1. The number of ether oxygens (including phenoxy) is 1. The largest absolute Gasteiger partial charge is 0.489 e. The fourth-order valence-electron chi connectivity index (χ4n) is 4.19. The van der Waals surface area contributed by atoms with Crippen LogP contribution >= 0.6 is 11.6 Å². The molecule has 12 heteroatoms. The topological polar surface area (TPSA) is 100 Å². The van der Waals surface area contributed by atoms with E-state index in [2.05, 4.69) is 26.7 Å². The number of carbonyl (C=O) groups is 1. The third-order valence-electron chi connectivity index (χ3n) is 6.08. The number of hydrogen-bond acceptors (Lipinski definition) is 7. The lowest BCUT2D eigenvalue weighted by atomic mass is 10.1. The first-order chi connectivity index (χ1) is 16.2. The maximum absolute atomic E-state index is 12.7. The number of sulfonamides is 1. The summed E-state index contributed by atoms with van der Waals surface area (Å²) in [5, 5.41) is 4.65. The summed E-state index contributed by atoms with van der Waals surface area (Å²) in [5.41, 5.74) is 1.12. The third-order valence-corrected chi connectivity index (χ3v) is 6.97. The highest BCUT2D eigenvalue weighted by Crippen LogP contribution is 2.29. The van der Waals surface area contributed by atoms with Crippen molar-refractivity contribution in [1.29, 1.82) is 0 Å². The number of nitrogens with zero attached hydrogens (tertiary/aromatic N) is 5. The van der Waals surface area contributed by atoms with E-state index in [1.807, 2.05) is 18.2 Å². The number of benzene rings is 1. The van der Waals surface area contributed by atoms with E-state index in [4.69, 9.17) is 16.3 Å². The number of nitrogens with one attached hydrogen (secondary N) is 1. The van der Waals surface area contributed by atoms with Crippen molar-refractivity contribution in [3.8, 4) is 5.75 Å². The molecule has 2 aliphatic rings. The molecule has 1 N–H and O–H groups in total. The number of hydrogen-bond donors (Lipinski definition) is 1. The fourth-order valence-corrected chi connectivity index (χ4v) is 4.84. The van der Waals surface area contributed by atoms with Crippen molar-refractivity contribution in [2.24, 2.45) is 0 Å². The Balaban J connectivity index is 1.29. The Kier molecular flexibility index (Phi) is 7.66. The molecule has 0 atom stereocenters. The smallest absolute Gasteiger partial charge is 0.344 e. The van der Waals surface area contributed by atoms with Gasteiger partial charge in [-0.05, 0) is 37.6 Å². The van der Waals surface area contributed by atoms with Gasteiger partial charge in [0.2, 0.25) is 10.0 Å². The van der Waals surface area contributed by atoms with E-state index >= 15 is 0 Å². The zero-order valence-electron chi connectivity index (χ0n) is 19.5. The van der Waals surface area contributed by atoms with Crippen LogP contribution in [0.4, 0.5) is 10.6 Å². The summed E-state index contributed by atoms with van der Waals surface area (Å²) in [4.78, 5) is 19.0. The molecule has 0 saturated carbocycles. The van der Waals surface area contributed by atoms with Gasteiger partial charge in [0.05, 0.1) is 11.3 Å². The second kappa shape index (κ2) is 10.5. The van der Waals surface area contributed by atoms with Crippen LogP contribution in [-0.2, 0) is 16.6 Å². The van der Waals surface area contributed by atoms with E-state index in [1.165, 1.54) is 12.3 Å². The van der Waals surface area contributed by atoms with E-state index < -0.39 is 10.0 Å². The Morgan fingerprint density at radius 3 is 2.53 bits per heavy atom. The molecule has 1 aromatic carbocycles. The fraction of sp³-hybridized carbons (Fsp3) is 0.545. The van der Waals surface area contributed by atoms with Crippen LogP contribution in [0.2, 0.25) is 5.02 Å². The van der Waals surface area contributed by atoms with Gasteiger partial charge in [-0.25, -0.2) is 13.2 Å². The van der Waals surface area contributed by atoms with Gasteiger partial charge >= 0.3 is 6.03 Å². The van der Waals surface area contributed by atoms with E-state index in [-0.39, 0.29) is 18.0 Å². The number of likely N-dealkylation sites (tertiary alicyclic amines) is 1. The lowest BCUT2D eigenvalue weighted by Crippen LogP contribution is -2.49. The number of rotatable bonds is 6. The highest BCUT2D eigenvalue weighted by molar-refractivity contribution is 7.92. The highest BCUT2D eigenvalue weighted by Gasteiger charge is 2.24. The van der Waals surface area contributed by atoms with E-state index in [0.717, 1.165) is 67.8 Å². The number of carbonyl (C=O) groups excluding carboxylic acids is 1. The lowest BCUT2D eigenvalue weighted by Gasteiger charge is -2.34. The molecule has 0 aliphatic carbocycles. The van der Waals surface area contributed by atoms with Gasteiger partial charge < -0.3 is 14.5 Å². The van der Waals surface area contributed by atoms with Crippen molar-refractivity contribution in [2.75, 3.05) is 57.3 Å². The molecular formula is C22H31ClN6O4S. The lowest BCUT2D eigenvalue weighted by molar-refractivity contribution is 0.114. The van der Waals surface area contributed by atoms with Crippen LogP contribution in [0.15, 0.2) is 30.5 Å². The number of anilines is 1. The first kappa shape index (κ1) is 24.8. The van der Waals surface area contributed by atoms with Gasteiger partial charge in [-0.2, -0.15) is 4.68 Å². The molecule has 10 nitrogen and oxygen atoms in total. The van der Waals surface area contributed by atoms with Gasteiger partial charge in [-0.3, -0.25) is 9.62 Å². The van der Waals surface area contributed by atoms with Crippen LogP contribution in [0.5, 0.6) is 5.75 Å². The number of halogens is 1. The number of piperidine rings is 1. The summed E-state index contributed by atoms with van der Waals surface area (Å²) in [7, 11) is -1.32. The zero-order valence-corrected chi connectivity index (χ0v) is 21.1. The number of aromatic nitrogens is 2. The van der Waals surface area contributed by atoms with Crippen LogP contribution in [0, 0.1) is 0 Å². The summed E-state index contributed by atoms with van der Waals surface area (Å²) in [6, 6.07) is 7.11. The molecule has 2 aliphatic heterocycles. The van der Waals surface area contributed by atoms with E-state index in [9.17, 15) is 13.2 Å². The Morgan fingerprint density at radius 2 is 1.85 bits per heavy atom. The van der Waals surface area contributed by atoms with Crippen molar-refractivity contribution < 1.29 is 17.9 Å². The maximum atomic E-state index is 12.7. The minimum Gasteiger partial charge on any atom is -0.489 e. The SMILES string of the molecule is CN1CCC(Oc2cc(CN3CCN(C(=O)n4ccc(NS(C)(=O)=O)n4)CC3)ccc2Cl)CC1. The average Bonchev–Trinajstić information content (AvgIpc) is 3.24. The summed E-state index contributed by atoms with van der Waals surface area (Å²) in [6.07, 6.45) is 4.68. The summed E-state index contributed by atoms with van der Waals surface area (Å²) < 4.78 is 32.3. The minimum atomic E-state index is -3.44. The molecule has 2 aromatic rings. The predicted molar refractivity (Wildman–Crippen MR) is 131 cm³/mol. The van der Waals surface area contributed by atoms with E-state index in [0.29, 0.717) is 18.1 Å². The molecule has 3 heterocycles. The average molecular weight is 511 g/mol. The standard InChI is InChI=1S/C22H31ClN6O4S/c1-26-8-5-18(6-9-26)33-20-15-17(3-4-19(20)23)16-27-11-13-28(14-12-27)22(30)29-10-7-21(24-29)25-34(2,31)32/h3-4,7,10,15,18H,5-6,8-9,11-14,16H2,1-2H3,(H,24,25). The van der Waals surface area contributed by atoms with Crippen molar-refractivity contribution in [1.82, 2.24) is 24.5 Å². The molecule has 0 unspecified atom stereocenters. The highest BCUT2D eigenvalue weighted by atomic mass is 35.5. The summed E-state index contributed by atoms with van der Waals surface area (Å²) in [5.74, 6) is 0.857. The van der Waals surface area contributed by atoms with Gasteiger partial charge in [0.1, 0.15) is 11.9 Å². The predicted octanol–water partition coefficient (Wildman–Crippen LogP) is 2.17. The van der Waals surface area contributed by atoms with Crippen molar-refractivity contribution in [2.45, 2.75) is 25.5 Å². The molecule has 34 heavy (non-hydrogen) atoms. The molecule has 1 aromatic heterocycles. The number of piperazine rings is 1. The summed E-state index contributed by atoms with van der Waals surface area (Å²) >= 11 is 6.40. The van der Waals surface area contributed by atoms with Crippen LogP contribution < -0.4 is 9.46 Å². The third kappa shape index (κ3) is 6.62. The molecule has 0 bridgehead atoms. The maximum Gasteiger partial charge on any atom is 0.344 e. The van der Waals surface area contributed by atoms with Crippen LogP contribution in [0.25, 0.3) is 0 Å². The second-order valence-electron chi connectivity index (χ2n) is 8.95. The normalized spacial score (nSPS) is 18.7. The van der Waals surface area contributed by atoms with Gasteiger partial charge in [-0.1, -0.05) is 17.7 Å². The summed E-state index contributed by atoms with van der Waals surface area (Å²) in [6.45, 7) is 5.34. The van der Waals surface area contributed by atoms with Crippen LogP contribution in [0.3, 0.4) is 0 Å². The number of amides is 1. The molecule has 2 fully saturated rings. The van der Waals surface area contributed by atoms with Crippen molar-refractivity contribution in [3.05, 3.63) is 41.0 Å². The Morgan fingerprint density at radius 1 is 1.15 bits per heavy atom. The molecule has 4 rings (SSSR count). The van der Waals surface area contributed by atoms with Crippen LogP contribution in [0.1, 0.15) is 18.4 Å². The Hall–Kier alpha value is -2.34. The molecule has 1 amide bonds. The molecule has 0 radical (unpaired) electrons. The minimum absolute atomic E-state index is 0.121. The molecule has 186 valence electrons. The monoisotopic (exact) mass is 510 g/mol. The molecule has 2 saturated heterocycles. The Bertz CT molecular complexity index is 1110. The Labute approximate surface area is 205 Å². The van der Waals surface area contributed by atoms with Crippen molar-refractivity contribution >= 4 is 33.5 Å². The van der Waals surface area contributed by atoms with Gasteiger partial charge in [-0.15, -0.1) is 5.10 Å².